The third kappa shape index (κ3) is 5.72. The Kier molecular flexibility index (Phi) is 8.42. The number of amides is 3. The number of carbonyl (C=O) groups is 3. The van der Waals surface area contributed by atoms with Gasteiger partial charge in [0.1, 0.15) is 17.7 Å². The van der Waals surface area contributed by atoms with Gasteiger partial charge in [-0.3, -0.25) is 9.59 Å². The molecule has 6 atom stereocenters. The molecular weight excluding hydrogens is 522 g/mol. The third-order valence-electron chi connectivity index (χ3n) is 9.43. The minimum atomic E-state index is -0.660. The molecule has 3 N–H and O–H groups in total. The van der Waals surface area contributed by atoms with E-state index in [1.54, 1.807) is 0 Å². The van der Waals surface area contributed by atoms with E-state index in [9.17, 15) is 14.4 Å². The van der Waals surface area contributed by atoms with E-state index in [4.69, 9.17) is 9.72 Å². The van der Waals surface area contributed by atoms with Crippen molar-refractivity contribution in [3.63, 3.8) is 0 Å². The number of ether oxygens (including phenoxy) is 1. The van der Waals surface area contributed by atoms with Gasteiger partial charge in [-0.15, -0.1) is 0 Å². The van der Waals surface area contributed by atoms with E-state index < -0.39 is 12.1 Å². The number of nitrogens with one attached hydrogen (secondary N) is 3. The van der Waals surface area contributed by atoms with Gasteiger partial charge in [0.2, 0.25) is 11.8 Å². The Hall–Kier alpha value is -3.37. The molecule has 224 valence electrons. The zero-order valence-electron chi connectivity index (χ0n) is 25.1. The zero-order valence-corrected chi connectivity index (χ0v) is 25.1. The highest BCUT2D eigenvalue weighted by Gasteiger charge is 2.51. The average Bonchev–Trinajstić information content (AvgIpc) is 3.78. The van der Waals surface area contributed by atoms with Crippen LogP contribution in [0.5, 0.6) is 0 Å². The lowest BCUT2D eigenvalue weighted by molar-refractivity contribution is -0.139. The van der Waals surface area contributed by atoms with Gasteiger partial charge < -0.3 is 29.8 Å². The number of imidazole rings is 2. The second kappa shape index (κ2) is 11.9. The number of H-pyrrole nitrogens is 2. The number of fused-ring (bicyclic) bond motifs is 2. The molecule has 2 aromatic heterocycles. The molecular formula is C30H45N7O4. The Bertz CT molecular complexity index is 1250. The van der Waals surface area contributed by atoms with E-state index in [0.717, 1.165) is 61.7 Å². The maximum Gasteiger partial charge on any atom is 0.407 e. The van der Waals surface area contributed by atoms with Crippen LogP contribution in [0.4, 0.5) is 4.79 Å². The second-order valence-electron chi connectivity index (χ2n) is 12.8. The summed E-state index contributed by atoms with van der Waals surface area (Å²) < 4.78 is 4.78. The van der Waals surface area contributed by atoms with Crippen LogP contribution in [0, 0.1) is 23.7 Å². The lowest BCUT2D eigenvalue weighted by Gasteiger charge is -2.37. The molecule has 1 aliphatic carbocycles. The molecule has 11 nitrogen and oxygen atoms in total. The summed E-state index contributed by atoms with van der Waals surface area (Å²) >= 11 is 0. The Labute approximate surface area is 242 Å². The highest BCUT2D eigenvalue weighted by Crippen LogP contribution is 2.50. The van der Waals surface area contributed by atoms with Gasteiger partial charge in [-0.1, -0.05) is 34.6 Å². The van der Waals surface area contributed by atoms with Crippen LogP contribution in [0.25, 0.3) is 0 Å². The van der Waals surface area contributed by atoms with Gasteiger partial charge in [-0.25, -0.2) is 14.8 Å². The van der Waals surface area contributed by atoms with Crippen molar-refractivity contribution in [2.75, 3.05) is 13.7 Å². The molecule has 2 bridgehead atoms. The Balaban J connectivity index is 1.29. The minimum Gasteiger partial charge on any atom is -0.453 e. The molecule has 1 unspecified atom stereocenters. The van der Waals surface area contributed by atoms with E-state index in [2.05, 4.69) is 34.1 Å². The number of rotatable bonds is 9. The molecule has 1 saturated carbocycles. The fourth-order valence-corrected chi connectivity index (χ4v) is 6.84. The number of hydrogen-bond acceptors (Lipinski definition) is 6. The van der Waals surface area contributed by atoms with E-state index in [1.807, 2.05) is 43.0 Å². The molecule has 2 aromatic rings. The summed E-state index contributed by atoms with van der Waals surface area (Å²) in [6.07, 6.45) is 8.55. The first-order valence-electron chi connectivity index (χ1n) is 15.1. The van der Waals surface area contributed by atoms with Gasteiger partial charge >= 0.3 is 6.09 Å². The fraction of sp³-hybridized carbons (Fsp3) is 0.700. The van der Waals surface area contributed by atoms with Crippen LogP contribution < -0.4 is 5.32 Å². The van der Waals surface area contributed by atoms with E-state index in [0.29, 0.717) is 18.3 Å². The predicted molar refractivity (Wildman–Crippen MR) is 153 cm³/mol. The van der Waals surface area contributed by atoms with Crippen LogP contribution >= 0.6 is 0 Å². The first-order chi connectivity index (χ1) is 19.6. The number of piperidine rings is 1. The van der Waals surface area contributed by atoms with Crippen LogP contribution in [0.2, 0.25) is 0 Å². The van der Waals surface area contributed by atoms with Crippen molar-refractivity contribution in [1.29, 1.82) is 0 Å². The fourth-order valence-electron chi connectivity index (χ4n) is 6.84. The van der Waals surface area contributed by atoms with Gasteiger partial charge in [0, 0.05) is 48.7 Å². The molecule has 41 heavy (non-hydrogen) atoms. The topological polar surface area (TPSA) is 136 Å². The van der Waals surface area contributed by atoms with Crippen LogP contribution in [-0.4, -0.2) is 73.4 Å². The normalized spacial score (nSPS) is 25.3. The number of hydrogen-bond donors (Lipinski definition) is 3. The minimum absolute atomic E-state index is 0.0159. The van der Waals surface area contributed by atoms with Crippen molar-refractivity contribution in [3.8, 4) is 0 Å². The molecule has 5 rings (SSSR count). The van der Waals surface area contributed by atoms with Gasteiger partial charge in [-0.05, 0) is 49.9 Å². The number of methoxy groups -OCH3 is 1. The number of carbonyl (C=O) groups excluding carboxylic acids is 3. The molecule has 0 spiro atoms. The monoisotopic (exact) mass is 567 g/mol. The molecule has 2 aliphatic heterocycles. The lowest BCUT2D eigenvalue weighted by Crippen LogP contribution is -2.54. The highest BCUT2D eigenvalue weighted by molar-refractivity contribution is 5.87. The summed E-state index contributed by atoms with van der Waals surface area (Å²) in [4.78, 5) is 59.1. The summed E-state index contributed by atoms with van der Waals surface area (Å²) in [6, 6.07) is -0.671. The Morgan fingerprint density at radius 2 is 1.66 bits per heavy atom. The average molecular weight is 568 g/mol. The Morgan fingerprint density at radius 3 is 2.32 bits per heavy atom. The van der Waals surface area contributed by atoms with Gasteiger partial charge in [0.05, 0.1) is 19.2 Å². The van der Waals surface area contributed by atoms with Crippen molar-refractivity contribution in [1.82, 2.24) is 35.1 Å². The van der Waals surface area contributed by atoms with E-state index in [1.165, 1.54) is 7.11 Å². The number of aromatic amines is 2. The summed E-state index contributed by atoms with van der Waals surface area (Å²) in [5.41, 5.74) is 1.89. The maximum absolute atomic E-state index is 13.8. The first-order valence-corrected chi connectivity index (χ1v) is 15.1. The van der Waals surface area contributed by atoms with Crippen molar-refractivity contribution in [3.05, 3.63) is 35.4 Å². The van der Waals surface area contributed by atoms with E-state index in [-0.39, 0.29) is 41.8 Å². The van der Waals surface area contributed by atoms with Crippen LogP contribution in [-0.2, 0) is 20.7 Å². The Morgan fingerprint density at radius 1 is 0.976 bits per heavy atom. The quantitative estimate of drug-likeness (QED) is 0.417. The second-order valence-corrected chi connectivity index (χ2v) is 12.8. The summed E-state index contributed by atoms with van der Waals surface area (Å²) in [7, 11) is 1.31. The van der Waals surface area contributed by atoms with Crippen molar-refractivity contribution in [2.45, 2.75) is 97.3 Å². The molecule has 2 saturated heterocycles. The third-order valence-corrected chi connectivity index (χ3v) is 9.43. The molecule has 0 aromatic carbocycles. The molecule has 3 amide bonds. The van der Waals surface area contributed by atoms with Crippen LogP contribution in [0.15, 0.2) is 12.4 Å². The van der Waals surface area contributed by atoms with Crippen LogP contribution in [0.3, 0.4) is 0 Å². The number of likely N-dealkylation sites (tertiary alicyclic amines) is 2. The number of alkyl carbamates (subject to hydrolysis) is 1. The van der Waals surface area contributed by atoms with Gasteiger partial charge in [0.15, 0.2) is 0 Å². The smallest absolute Gasteiger partial charge is 0.407 e. The molecule has 3 fully saturated rings. The summed E-state index contributed by atoms with van der Waals surface area (Å²) in [6.45, 7) is 10.8. The van der Waals surface area contributed by atoms with Crippen molar-refractivity contribution in [2.24, 2.45) is 23.7 Å². The predicted octanol–water partition coefficient (Wildman–Crippen LogP) is 4.11. The number of aromatic nitrogens is 4. The standard InChI is InChI=1S/C30H45N7O4/c1-16(2)18(5)28(38)36-11-7-8-23(36)26-31-14-20(33-26)13-21-15-32-27(34-21)25-19-9-10-22(12-19)37(25)29(39)24(17(3)4)35-30(40)41-6/h14-19,22-25H,7-13H2,1-6H3,(H,31,33)(H,32,34)(H,35,40)/t18-,19+,22-,23-,24-,25?/m0/s1. The first kappa shape index (κ1) is 29.1. The van der Waals surface area contributed by atoms with Crippen molar-refractivity contribution < 1.29 is 19.1 Å². The molecule has 3 aliphatic rings. The lowest BCUT2D eigenvalue weighted by atomic mass is 9.95. The largest absolute Gasteiger partial charge is 0.453 e. The SMILES string of the molecule is COC(=O)N[C@H](C(=O)N1C(c2ncc(Cc3cnc([C@@H]4CCCN4C(=O)[C@@H](C)C(C)C)[nH]3)[nH]2)[C@@H]2CC[C@H]1C2)C(C)C. The van der Waals surface area contributed by atoms with Gasteiger partial charge in [-0.2, -0.15) is 0 Å². The zero-order chi connectivity index (χ0) is 29.4. The molecule has 11 heteroatoms. The maximum atomic E-state index is 13.8. The summed E-state index contributed by atoms with van der Waals surface area (Å²) in [5.74, 6) is 2.28. The molecule has 4 heterocycles. The van der Waals surface area contributed by atoms with E-state index >= 15 is 0 Å². The molecule has 0 radical (unpaired) electrons. The van der Waals surface area contributed by atoms with Crippen LogP contribution in [0.1, 0.15) is 102 Å². The van der Waals surface area contributed by atoms with Gasteiger partial charge in [0.25, 0.3) is 0 Å². The highest BCUT2D eigenvalue weighted by atomic mass is 16.5. The summed E-state index contributed by atoms with van der Waals surface area (Å²) in [5, 5.41) is 2.74. The van der Waals surface area contributed by atoms with Crippen molar-refractivity contribution >= 4 is 17.9 Å². The number of nitrogens with zero attached hydrogens (tertiary/aromatic N) is 4.